The number of hydrogen-bond acceptors (Lipinski definition) is 6. The minimum absolute atomic E-state index is 0.00733. The second-order valence-corrected chi connectivity index (χ2v) is 8.99. The van der Waals surface area contributed by atoms with Crippen LogP contribution in [0, 0.1) is 5.92 Å². The van der Waals surface area contributed by atoms with Gasteiger partial charge in [0.1, 0.15) is 12.1 Å². The second kappa shape index (κ2) is 16.7. The van der Waals surface area contributed by atoms with E-state index in [1.165, 1.54) is 6.92 Å². The SMILES string of the molecule is CNC(CCCN=C(N)N)C(=O)NCC(=O)NC(C)C(=O)NC(CCC(C)C)C(=O)NC(C)C. The number of hydrogen-bond donors (Lipinski definition) is 7. The van der Waals surface area contributed by atoms with E-state index in [1.807, 2.05) is 27.7 Å². The van der Waals surface area contributed by atoms with E-state index in [2.05, 4.69) is 31.6 Å². The summed E-state index contributed by atoms with van der Waals surface area (Å²) in [5, 5.41) is 13.5. The van der Waals surface area contributed by atoms with Crippen molar-refractivity contribution in [2.24, 2.45) is 22.4 Å². The lowest BCUT2D eigenvalue weighted by Gasteiger charge is -2.23. The van der Waals surface area contributed by atoms with Gasteiger partial charge in [-0.05, 0) is 59.4 Å². The molecule has 0 heterocycles. The zero-order valence-corrected chi connectivity index (χ0v) is 21.4. The fourth-order valence-electron chi connectivity index (χ4n) is 3.01. The maximum Gasteiger partial charge on any atom is 0.242 e. The van der Waals surface area contributed by atoms with Gasteiger partial charge in [-0.1, -0.05) is 13.8 Å². The molecule has 3 unspecified atom stereocenters. The Bertz CT molecular complexity index is 692. The number of nitrogens with one attached hydrogen (secondary N) is 5. The van der Waals surface area contributed by atoms with E-state index >= 15 is 0 Å². The molecule has 0 saturated heterocycles. The molecule has 196 valence electrons. The summed E-state index contributed by atoms with van der Waals surface area (Å²) in [6.07, 6.45) is 2.33. The van der Waals surface area contributed by atoms with Gasteiger partial charge in [0, 0.05) is 12.6 Å². The average molecular weight is 485 g/mol. The van der Waals surface area contributed by atoms with Gasteiger partial charge in [0.15, 0.2) is 5.96 Å². The van der Waals surface area contributed by atoms with E-state index in [0.29, 0.717) is 31.7 Å². The lowest BCUT2D eigenvalue weighted by molar-refractivity contribution is -0.132. The molecule has 9 N–H and O–H groups in total. The number of nitrogens with zero attached hydrogens (tertiary/aromatic N) is 1. The minimum atomic E-state index is -0.877. The van der Waals surface area contributed by atoms with Crippen LogP contribution in [0.4, 0.5) is 0 Å². The Labute approximate surface area is 202 Å². The molecule has 0 aromatic heterocycles. The molecule has 0 rings (SSSR count). The number of aliphatic imine (C=N–C) groups is 1. The van der Waals surface area contributed by atoms with Crippen LogP contribution in [0.3, 0.4) is 0 Å². The standard InChI is InChI=1S/C22H44N8O4/c1-13(2)9-10-17(21(34)28-14(3)4)30-19(32)15(5)29-18(31)12-27-20(33)16(25-6)8-7-11-26-22(23)24/h13-17,25H,7-12H2,1-6H3,(H,27,33)(H,28,34)(H,29,31)(H,30,32)(H4,23,24,26). The van der Waals surface area contributed by atoms with Gasteiger partial charge in [0.05, 0.1) is 12.6 Å². The summed E-state index contributed by atoms with van der Waals surface area (Å²) in [5.41, 5.74) is 10.5. The highest BCUT2D eigenvalue weighted by molar-refractivity contribution is 5.93. The first kappa shape index (κ1) is 31.1. The van der Waals surface area contributed by atoms with E-state index in [-0.39, 0.29) is 30.4 Å². The predicted octanol–water partition coefficient (Wildman–Crippen LogP) is -1.31. The Balaban J connectivity index is 4.67. The van der Waals surface area contributed by atoms with Gasteiger partial charge in [-0.2, -0.15) is 0 Å². The Morgan fingerprint density at radius 2 is 1.44 bits per heavy atom. The van der Waals surface area contributed by atoms with Crippen molar-refractivity contribution in [2.45, 2.75) is 84.5 Å². The van der Waals surface area contributed by atoms with Crippen molar-refractivity contribution in [3.05, 3.63) is 0 Å². The summed E-state index contributed by atoms with van der Waals surface area (Å²) in [5.74, 6) is -1.23. The van der Waals surface area contributed by atoms with Crippen LogP contribution in [-0.2, 0) is 19.2 Å². The Kier molecular flexibility index (Phi) is 15.3. The summed E-state index contributed by atoms with van der Waals surface area (Å²) in [4.78, 5) is 53.4. The molecule has 0 saturated carbocycles. The third-order valence-corrected chi connectivity index (χ3v) is 4.90. The predicted molar refractivity (Wildman–Crippen MR) is 133 cm³/mol. The summed E-state index contributed by atoms with van der Waals surface area (Å²) < 4.78 is 0. The number of rotatable bonds is 16. The van der Waals surface area contributed by atoms with Gasteiger partial charge in [-0.15, -0.1) is 0 Å². The minimum Gasteiger partial charge on any atom is -0.370 e. The maximum absolute atomic E-state index is 12.6. The van der Waals surface area contributed by atoms with E-state index < -0.39 is 29.9 Å². The van der Waals surface area contributed by atoms with Crippen LogP contribution in [-0.4, -0.2) is 73.9 Å². The van der Waals surface area contributed by atoms with Crippen LogP contribution in [0.5, 0.6) is 0 Å². The monoisotopic (exact) mass is 484 g/mol. The Morgan fingerprint density at radius 1 is 0.794 bits per heavy atom. The van der Waals surface area contributed by atoms with Crippen LogP contribution in [0.1, 0.15) is 60.3 Å². The molecule has 12 nitrogen and oxygen atoms in total. The van der Waals surface area contributed by atoms with Gasteiger partial charge >= 0.3 is 0 Å². The van der Waals surface area contributed by atoms with Crippen LogP contribution >= 0.6 is 0 Å². The molecule has 3 atom stereocenters. The lowest BCUT2D eigenvalue weighted by atomic mass is 10.0. The Hall–Kier alpha value is -2.89. The molecular formula is C22H44N8O4. The molecule has 0 bridgehead atoms. The Morgan fingerprint density at radius 3 is 1.97 bits per heavy atom. The zero-order valence-electron chi connectivity index (χ0n) is 21.4. The fraction of sp³-hybridized carbons (Fsp3) is 0.773. The van der Waals surface area contributed by atoms with Crippen molar-refractivity contribution in [1.29, 1.82) is 0 Å². The number of likely N-dealkylation sites (N-methyl/N-ethyl adjacent to an activating group) is 1. The molecule has 0 aliphatic carbocycles. The van der Waals surface area contributed by atoms with Crippen LogP contribution in [0.15, 0.2) is 4.99 Å². The maximum atomic E-state index is 12.6. The molecule has 0 aliphatic rings. The van der Waals surface area contributed by atoms with Gasteiger partial charge in [0.25, 0.3) is 0 Å². The molecule has 0 aromatic rings. The smallest absolute Gasteiger partial charge is 0.242 e. The molecule has 0 fully saturated rings. The number of nitrogens with two attached hydrogens (primary N) is 2. The third kappa shape index (κ3) is 14.3. The largest absolute Gasteiger partial charge is 0.370 e. The van der Waals surface area contributed by atoms with Crippen molar-refractivity contribution >= 4 is 29.6 Å². The first-order chi connectivity index (χ1) is 15.9. The molecule has 34 heavy (non-hydrogen) atoms. The normalized spacial score (nSPS) is 13.5. The van der Waals surface area contributed by atoms with E-state index in [0.717, 1.165) is 6.42 Å². The molecular weight excluding hydrogens is 440 g/mol. The highest BCUT2D eigenvalue weighted by Crippen LogP contribution is 2.08. The average Bonchev–Trinajstić information content (AvgIpc) is 2.73. The molecule has 0 aromatic carbocycles. The zero-order chi connectivity index (χ0) is 26.3. The van der Waals surface area contributed by atoms with E-state index in [4.69, 9.17) is 11.5 Å². The number of carbonyl (C=O) groups is 4. The molecule has 12 heteroatoms. The summed E-state index contributed by atoms with van der Waals surface area (Å²) >= 11 is 0. The van der Waals surface area contributed by atoms with Crippen molar-refractivity contribution in [2.75, 3.05) is 20.1 Å². The summed E-state index contributed by atoms with van der Waals surface area (Å²) in [6.45, 7) is 9.41. The van der Waals surface area contributed by atoms with E-state index in [9.17, 15) is 19.2 Å². The van der Waals surface area contributed by atoms with Gasteiger partial charge < -0.3 is 38.1 Å². The lowest BCUT2D eigenvalue weighted by Crippen LogP contribution is -2.54. The number of amides is 4. The van der Waals surface area contributed by atoms with Gasteiger partial charge in [0.2, 0.25) is 23.6 Å². The van der Waals surface area contributed by atoms with Crippen molar-refractivity contribution in [1.82, 2.24) is 26.6 Å². The van der Waals surface area contributed by atoms with Crippen LogP contribution < -0.4 is 38.1 Å². The van der Waals surface area contributed by atoms with Crippen molar-refractivity contribution in [3.63, 3.8) is 0 Å². The first-order valence-electron chi connectivity index (χ1n) is 11.8. The van der Waals surface area contributed by atoms with Gasteiger partial charge in [-0.25, -0.2) is 0 Å². The molecule has 4 amide bonds. The second-order valence-electron chi connectivity index (χ2n) is 8.99. The summed E-state index contributed by atoms with van der Waals surface area (Å²) in [6, 6.07) is -2.13. The van der Waals surface area contributed by atoms with Crippen molar-refractivity contribution in [3.8, 4) is 0 Å². The van der Waals surface area contributed by atoms with E-state index in [1.54, 1.807) is 7.05 Å². The molecule has 0 radical (unpaired) electrons. The first-order valence-corrected chi connectivity index (χ1v) is 11.8. The fourth-order valence-corrected chi connectivity index (χ4v) is 3.01. The van der Waals surface area contributed by atoms with Crippen LogP contribution in [0.2, 0.25) is 0 Å². The highest BCUT2D eigenvalue weighted by Gasteiger charge is 2.25. The van der Waals surface area contributed by atoms with Crippen molar-refractivity contribution < 1.29 is 19.2 Å². The topological polar surface area (TPSA) is 193 Å². The quantitative estimate of drug-likeness (QED) is 0.0803. The molecule has 0 aliphatic heterocycles. The summed E-state index contributed by atoms with van der Waals surface area (Å²) in [7, 11) is 1.64. The third-order valence-electron chi connectivity index (χ3n) is 4.90. The molecule has 0 spiro atoms. The number of carbonyl (C=O) groups excluding carboxylic acids is 4. The van der Waals surface area contributed by atoms with Crippen LogP contribution in [0.25, 0.3) is 0 Å². The van der Waals surface area contributed by atoms with Gasteiger partial charge in [-0.3, -0.25) is 24.2 Å². The number of guanidine groups is 1. The highest BCUT2D eigenvalue weighted by atomic mass is 16.2.